The molecule has 0 bridgehead atoms. The molecule has 0 radical (unpaired) electrons. The molecular weight excluding hydrogens is 364 g/mol. The largest absolute Gasteiger partial charge is 0.492 e. The van der Waals surface area contributed by atoms with Gasteiger partial charge in [0.2, 0.25) is 0 Å². The smallest absolute Gasteiger partial charge is 0.258 e. The van der Waals surface area contributed by atoms with Crippen LogP contribution < -0.4 is 15.0 Å². The van der Waals surface area contributed by atoms with E-state index in [2.05, 4.69) is 5.32 Å². The monoisotopic (exact) mass is 388 g/mol. The molecule has 29 heavy (non-hydrogen) atoms. The standard InChI is InChI=1S/C24H24N2O3/c1-3-26(20-10-6-5-7-11-20)24(28)19-16-14-18(15-17-19)23(27)25-21-12-8-9-13-22(21)29-4-2/h5-17H,3-4H2,1-2H3,(H,25,27). The highest BCUT2D eigenvalue weighted by molar-refractivity contribution is 6.08. The lowest BCUT2D eigenvalue weighted by atomic mass is 10.1. The van der Waals surface area contributed by atoms with Gasteiger partial charge in [0.25, 0.3) is 11.8 Å². The first-order valence-electron chi connectivity index (χ1n) is 9.64. The van der Waals surface area contributed by atoms with E-state index < -0.39 is 0 Å². The predicted molar refractivity (Wildman–Crippen MR) is 116 cm³/mol. The lowest BCUT2D eigenvalue weighted by Gasteiger charge is -2.21. The van der Waals surface area contributed by atoms with Gasteiger partial charge in [0, 0.05) is 23.4 Å². The zero-order valence-electron chi connectivity index (χ0n) is 16.6. The van der Waals surface area contributed by atoms with Crippen molar-refractivity contribution in [1.29, 1.82) is 0 Å². The summed E-state index contributed by atoms with van der Waals surface area (Å²) < 4.78 is 5.54. The van der Waals surface area contributed by atoms with Crippen molar-refractivity contribution in [2.75, 3.05) is 23.4 Å². The Bertz CT molecular complexity index is 969. The third-order valence-electron chi connectivity index (χ3n) is 4.46. The molecule has 0 aliphatic heterocycles. The van der Waals surface area contributed by atoms with E-state index in [9.17, 15) is 9.59 Å². The quantitative estimate of drug-likeness (QED) is 0.619. The molecular formula is C24H24N2O3. The zero-order chi connectivity index (χ0) is 20.6. The van der Waals surface area contributed by atoms with Crippen LogP contribution in [-0.4, -0.2) is 25.0 Å². The maximum Gasteiger partial charge on any atom is 0.258 e. The summed E-state index contributed by atoms with van der Waals surface area (Å²) in [4.78, 5) is 27.2. The van der Waals surface area contributed by atoms with Gasteiger partial charge in [-0.15, -0.1) is 0 Å². The molecule has 3 rings (SSSR count). The summed E-state index contributed by atoms with van der Waals surface area (Å²) >= 11 is 0. The van der Waals surface area contributed by atoms with E-state index in [1.165, 1.54) is 0 Å². The molecule has 2 amide bonds. The topological polar surface area (TPSA) is 58.6 Å². The fourth-order valence-electron chi connectivity index (χ4n) is 3.02. The zero-order valence-corrected chi connectivity index (χ0v) is 16.6. The van der Waals surface area contributed by atoms with Crippen molar-refractivity contribution in [3.8, 4) is 5.75 Å². The summed E-state index contributed by atoms with van der Waals surface area (Å²) in [6, 6.07) is 23.5. The van der Waals surface area contributed by atoms with E-state index in [0.29, 0.717) is 35.7 Å². The number of nitrogens with one attached hydrogen (secondary N) is 1. The van der Waals surface area contributed by atoms with Gasteiger partial charge in [0.05, 0.1) is 12.3 Å². The van der Waals surface area contributed by atoms with E-state index in [1.807, 2.05) is 62.4 Å². The van der Waals surface area contributed by atoms with E-state index in [4.69, 9.17) is 4.74 Å². The second kappa shape index (κ2) is 9.55. The SMILES string of the molecule is CCOc1ccccc1NC(=O)c1ccc(C(=O)N(CC)c2ccccc2)cc1. The highest BCUT2D eigenvalue weighted by Gasteiger charge is 2.17. The summed E-state index contributed by atoms with van der Waals surface area (Å²) in [5.74, 6) is 0.260. The minimum atomic E-state index is -0.258. The summed E-state index contributed by atoms with van der Waals surface area (Å²) in [7, 11) is 0. The van der Waals surface area contributed by atoms with Gasteiger partial charge in [-0.1, -0.05) is 30.3 Å². The van der Waals surface area contributed by atoms with E-state index >= 15 is 0 Å². The number of amides is 2. The number of rotatable bonds is 7. The van der Waals surface area contributed by atoms with Crippen molar-refractivity contribution < 1.29 is 14.3 Å². The number of para-hydroxylation sites is 3. The van der Waals surface area contributed by atoms with Crippen LogP contribution in [0.3, 0.4) is 0 Å². The molecule has 0 heterocycles. The van der Waals surface area contributed by atoms with Crippen molar-refractivity contribution in [3.05, 3.63) is 90.0 Å². The van der Waals surface area contributed by atoms with Gasteiger partial charge in [-0.25, -0.2) is 0 Å². The first-order valence-corrected chi connectivity index (χ1v) is 9.64. The third-order valence-corrected chi connectivity index (χ3v) is 4.46. The van der Waals surface area contributed by atoms with Crippen molar-refractivity contribution in [2.45, 2.75) is 13.8 Å². The van der Waals surface area contributed by atoms with E-state index in [-0.39, 0.29) is 11.8 Å². The van der Waals surface area contributed by atoms with Crippen molar-refractivity contribution in [3.63, 3.8) is 0 Å². The second-order valence-electron chi connectivity index (χ2n) is 6.35. The number of carbonyl (C=O) groups is 2. The molecule has 0 spiro atoms. The van der Waals surface area contributed by atoms with Crippen molar-refractivity contribution in [2.24, 2.45) is 0 Å². The van der Waals surface area contributed by atoms with Crippen LogP contribution in [0.15, 0.2) is 78.9 Å². The fourth-order valence-corrected chi connectivity index (χ4v) is 3.02. The van der Waals surface area contributed by atoms with Crippen LogP contribution >= 0.6 is 0 Å². The fraction of sp³-hybridized carbons (Fsp3) is 0.167. The average molecular weight is 388 g/mol. The minimum absolute atomic E-state index is 0.104. The Labute approximate surface area is 170 Å². The lowest BCUT2D eigenvalue weighted by Crippen LogP contribution is -2.30. The molecule has 5 nitrogen and oxygen atoms in total. The highest BCUT2D eigenvalue weighted by atomic mass is 16.5. The van der Waals surface area contributed by atoms with E-state index in [1.54, 1.807) is 35.2 Å². The predicted octanol–water partition coefficient (Wildman–Crippen LogP) is 5.00. The Morgan fingerprint density at radius 2 is 1.45 bits per heavy atom. The third kappa shape index (κ3) is 4.82. The number of carbonyl (C=O) groups excluding carboxylic acids is 2. The molecule has 5 heteroatoms. The maximum absolute atomic E-state index is 12.9. The molecule has 0 fully saturated rings. The number of hydrogen-bond donors (Lipinski definition) is 1. The Morgan fingerprint density at radius 3 is 2.10 bits per heavy atom. The van der Waals surface area contributed by atoms with Crippen LogP contribution in [0.1, 0.15) is 34.6 Å². The maximum atomic E-state index is 12.9. The van der Waals surface area contributed by atoms with Gasteiger partial charge in [-0.2, -0.15) is 0 Å². The second-order valence-corrected chi connectivity index (χ2v) is 6.35. The van der Waals surface area contributed by atoms with Crippen LogP contribution in [-0.2, 0) is 0 Å². The summed E-state index contributed by atoms with van der Waals surface area (Å²) in [6.45, 7) is 4.89. The Kier molecular flexibility index (Phi) is 6.63. The summed E-state index contributed by atoms with van der Waals surface area (Å²) in [5.41, 5.74) is 2.45. The molecule has 0 aliphatic carbocycles. The molecule has 0 unspecified atom stereocenters. The van der Waals surface area contributed by atoms with Crippen LogP contribution in [0.2, 0.25) is 0 Å². The highest BCUT2D eigenvalue weighted by Crippen LogP contribution is 2.24. The van der Waals surface area contributed by atoms with Gasteiger partial charge in [0.15, 0.2) is 0 Å². The molecule has 0 saturated heterocycles. The van der Waals surface area contributed by atoms with Crippen LogP contribution in [0.5, 0.6) is 5.75 Å². The van der Waals surface area contributed by atoms with Gasteiger partial charge in [0.1, 0.15) is 5.75 Å². The molecule has 3 aromatic rings. The Balaban J connectivity index is 1.74. The first kappa shape index (κ1) is 20.1. The summed E-state index contributed by atoms with van der Waals surface area (Å²) in [6.07, 6.45) is 0. The van der Waals surface area contributed by atoms with Crippen LogP contribution in [0.25, 0.3) is 0 Å². The lowest BCUT2D eigenvalue weighted by molar-refractivity contribution is 0.0985. The Hall–Kier alpha value is -3.60. The number of benzene rings is 3. The van der Waals surface area contributed by atoms with Crippen LogP contribution in [0.4, 0.5) is 11.4 Å². The van der Waals surface area contributed by atoms with E-state index in [0.717, 1.165) is 5.69 Å². The molecule has 148 valence electrons. The van der Waals surface area contributed by atoms with Crippen molar-refractivity contribution in [1.82, 2.24) is 0 Å². The van der Waals surface area contributed by atoms with Crippen molar-refractivity contribution >= 4 is 23.2 Å². The Morgan fingerprint density at radius 1 is 0.828 bits per heavy atom. The molecule has 1 N–H and O–H groups in total. The molecule has 0 atom stereocenters. The van der Waals surface area contributed by atoms with Gasteiger partial charge in [-0.3, -0.25) is 9.59 Å². The first-order chi connectivity index (χ1) is 14.1. The summed E-state index contributed by atoms with van der Waals surface area (Å²) in [5, 5.41) is 2.86. The molecule has 0 aromatic heterocycles. The average Bonchev–Trinajstić information content (AvgIpc) is 2.76. The molecule has 0 aliphatic rings. The van der Waals surface area contributed by atoms with Gasteiger partial charge < -0.3 is 15.0 Å². The number of nitrogens with zero attached hydrogens (tertiary/aromatic N) is 1. The van der Waals surface area contributed by atoms with Gasteiger partial charge >= 0.3 is 0 Å². The number of anilines is 2. The molecule has 0 saturated carbocycles. The van der Waals surface area contributed by atoms with Gasteiger partial charge in [-0.05, 0) is 62.4 Å². The number of ether oxygens (including phenoxy) is 1. The minimum Gasteiger partial charge on any atom is -0.492 e. The van der Waals surface area contributed by atoms with Crippen LogP contribution in [0, 0.1) is 0 Å². The number of hydrogen-bond acceptors (Lipinski definition) is 3. The normalized spacial score (nSPS) is 10.3. The molecule has 3 aromatic carbocycles.